The SMILES string of the molecule is COc1cc(CCCCC(P)(I)C2CCN([C@@H](C(=O)O)c3cc(P)ccc3COC3CCOCC3)C2)nc2c1CCCN2C. The van der Waals surface area contributed by atoms with Crippen LogP contribution in [-0.4, -0.2) is 77.2 Å². The third-order valence-corrected chi connectivity index (χ3v) is 12.0. The van der Waals surface area contributed by atoms with E-state index in [2.05, 4.69) is 64.0 Å². The zero-order valence-corrected chi connectivity index (χ0v) is 30.6. The smallest absolute Gasteiger partial charge is 0.325 e. The Morgan fingerprint density at radius 2 is 2.02 bits per heavy atom. The van der Waals surface area contributed by atoms with Crippen molar-refractivity contribution in [2.24, 2.45) is 5.92 Å². The van der Waals surface area contributed by atoms with Gasteiger partial charge in [-0.15, -0.1) is 18.5 Å². The molecule has 0 amide bonds. The first-order valence-electron chi connectivity index (χ1n) is 16.0. The predicted molar refractivity (Wildman–Crippen MR) is 191 cm³/mol. The van der Waals surface area contributed by atoms with E-state index in [1.807, 2.05) is 18.2 Å². The van der Waals surface area contributed by atoms with E-state index in [0.29, 0.717) is 12.5 Å². The standard InChI is InChI=1S/C33H48IN3O5P2/c1-36-14-5-7-27-29(40-2)18-24(35-31(27)36)6-3-4-13-33(34,44)23-10-15-37(20-23)30(32(38)39)28-19-26(43)9-8-22(28)21-42-25-11-16-41-17-12-25/h8-9,18-19,23,25,30H,3-7,10-17,20-21,43-44H2,1-2H3,(H,38,39)/t23?,30-,33?/m1/s1. The van der Waals surface area contributed by atoms with Crippen LogP contribution in [0, 0.1) is 5.92 Å². The Morgan fingerprint density at radius 3 is 2.77 bits per heavy atom. The van der Waals surface area contributed by atoms with Gasteiger partial charge in [-0.3, -0.25) is 9.69 Å². The highest BCUT2D eigenvalue weighted by molar-refractivity contribution is 14.1. The number of methoxy groups -OCH3 is 1. The Hall–Kier alpha value is -1.09. The van der Waals surface area contributed by atoms with Gasteiger partial charge in [0.15, 0.2) is 0 Å². The summed E-state index contributed by atoms with van der Waals surface area (Å²) in [4.78, 5) is 22.2. The van der Waals surface area contributed by atoms with Gasteiger partial charge in [-0.25, -0.2) is 4.98 Å². The third-order valence-electron chi connectivity index (χ3n) is 9.46. The molecule has 1 aromatic carbocycles. The Balaban J connectivity index is 1.18. The van der Waals surface area contributed by atoms with E-state index in [-0.39, 0.29) is 9.27 Å². The normalized spacial score (nSPS) is 21.6. The molecule has 11 heteroatoms. The number of ether oxygens (including phenoxy) is 3. The van der Waals surface area contributed by atoms with Crippen molar-refractivity contribution in [3.8, 4) is 5.75 Å². The molecule has 44 heavy (non-hydrogen) atoms. The molecular formula is C33H48IN3O5P2. The summed E-state index contributed by atoms with van der Waals surface area (Å²) in [6.45, 7) is 4.44. The number of likely N-dealkylation sites (tertiary alicyclic amines) is 1. The second-order valence-corrected chi connectivity index (χ2v) is 17.5. The average Bonchev–Trinajstić information content (AvgIpc) is 3.50. The quantitative estimate of drug-likeness (QED) is 0.124. The van der Waals surface area contributed by atoms with Crippen molar-refractivity contribution in [1.82, 2.24) is 9.88 Å². The fraction of sp³-hybridized carbons (Fsp3) is 0.636. The lowest BCUT2D eigenvalue weighted by molar-refractivity contribution is -0.143. The first-order valence-corrected chi connectivity index (χ1v) is 18.2. The number of anilines is 1. The molecule has 242 valence electrons. The van der Waals surface area contributed by atoms with Crippen LogP contribution in [0.3, 0.4) is 0 Å². The number of fused-ring (bicyclic) bond motifs is 1. The van der Waals surface area contributed by atoms with Crippen molar-refractivity contribution in [2.45, 2.75) is 79.7 Å². The van der Waals surface area contributed by atoms with Gasteiger partial charge in [-0.2, -0.15) is 0 Å². The molecular weight excluding hydrogens is 707 g/mol. The number of unbranched alkanes of at least 4 members (excludes halogenated alkanes) is 1. The third kappa shape index (κ3) is 8.43. The fourth-order valence-corrected chi connectivity index (χ4v) is 8.54. The summed E-state index contributed by atoms with van der Waals surface area (Å²) in [5.74, 6) is 1.64. The highest BCUT2D eigenvalue weighted by Crippen LogP contribution is 2.46. The maximum atomic E-state index is 12.8. The van der Waals surface area contributed by atoms with Crippen molar-refractivity contribution < 1.29 is 24.1 Å². The predicted octanol–water partition coefficient (Wildman–Crippen LogP) is 5.54. The molecule has 4 unspecified atom stereocenters. The number of carbonyl (C=O) groups is 1. The molecule has 0 aliphatic carbocycles. The molecule has 1 N–H and O–H groups in total. The second kappa shape index (κ2) is 15.7. The summed E-state index contributed by atoms with van der Waals surface area (Å²) in [5.41, 5.74) is 4.14. The van der Waals surface area contributed by atoms with Gasteiger partial charge in [0, 0.05) is 53.8 Å². The number of pyridine rings is 1. The molecule has 3 aliphatic heterocycles. The summed E-state index contributed by atoms with van der Waals surface area (Å²) >= 11 is 2.60. The number of aryl methyl sites for hydroxylation is 1. The summed E-state index contributed by atoms with van der Waals surface area (Å²) in [7, 11) is 9.72. The van der Waals surface area contributed by atoms with Crippen LogP contribution in [0.1, 0.15) is 73.4 Å². The van der Waals surface area contributed by atoms with Crippen molar-refractivity contribution in [3.05, 3.63) is 46.6 Å². The Kier molecular flexibility index (Phi) is 12.2. The Bertz CT molecular complexity index is 1290. The van der Waals surface area contributed by atoms with Gasteiger partial charge in [-0.05, 0) is 86.3 Å². The molecule has 0 radical (unpaired) electrons. The largest absolute Gasteiger partial charge is 0.496 e. The number of hydrogen-bond acceptors (Lipinski definition) is 7. The number of rotatable bonds is 13. The number of hydrogen-bond donors (Lipinski definition) is 1. The summed E-state index contributed by atoms with van der Waals surface area (Å²) < 4.78 is 17.4. The van der Waals surface area contributed by atoms with Gasteiger partial charge in [0.2, 0.25) is 0 Å². The number of carboxylic acid groups (broad SMARTS) is 1. The summed E-state index contributed by atoms with van der Waals surface area (Å²) in [6.07, 6.45) is 9.20. The first-order chi connectivity index (χ1) is 21.2. The molecule has 2 saturated heterocycles. The van der Waals surface area contributed by atoms with E-state index in [1.54, 1.807) is 7.11 Å². The van der Waals surface area contributed by atoms with Crippen molar-refractivity contribution in [3.63, 3.8) is 0 Å². The maximum Gasteiger partial charge on any atom is 0.325 e. The first kappa shape index (κ1) is 34.3. The molecule has 5 atom stereocenters. The average molecular weight is 756 g/mol. The minimum absolute atomic E-state index is 0.00814. The number of benzene rings is 1. The number of halogens is 1. The molecule has 4 heterocycles. The lowest BCUT2D eigenvalue weighted by Crippen LogP contribution is -2.35. The minimum Gasteiger partial charge on any atom is -0.496 e. The van der Waals surface area contributed by atoms with E-state index in [1.165, 1.54) is 5.56 Å². The summed E-state index contributed by atoms with van der Waals surface area (Å²) in [5, 5.41) is 11.5. The molecule has 5 rings (SSSR count). The van der Waals surface area contributed by atoms with Gasteiger partial charge in [-0.1, -0.05) is 41.1 Å². The van der Waals surface area contributed by atoms with Crippen molar-refractivity contribution in [1.29, 1.82) is 0 Å². The van der Waals surface area contributed by atoms with E-state index in [4.69, 9.17) is 19.2 Å². The number of aliphatic carboxylic acids is 1. The number of carboxylic acids is 1. The van der Waals surface area contributed by atoms with Crippen LogP contribution in [-0.2, 0) is 33.7 Å². The maximum absolute atomic E-state index is 12.8. The molecule has 0 spiro atoms. The van der Waals surface area contributed by atoms with Crippen LogP contribution in [0.5, 0.6) is 5.75 Å². The van der Waals surface area contributed by atoms with Crippen LogP contribution < -0.4 is 14.9 Å². The van der Waals surface area contributed by atoms with Crippen LogP contribution in [0.25, 0.3) is 0 Å². The van der Waals surface area contributed by atoms with E-state index >= 15 is 0 Å². The number of aromatic nitrogens is 1. The molecule has 2 aromatic rings. The zero-order valence-electron chi connectivity index (χ0n) is 26.1. The van der Waals surface area contributed by atoms with Crippen LogP contribution in [0.15, 0.2) is 24.3 Å². The lowest BCUT2D eigenvalue weighted by atomic mass is 9.97. The molecule has 0 saturated carbocycles. The molecule has 8 nitrogen and oxygen atoms in total. The molecule has 0 bridgehead atoms. The molecule has 2 fully saturated rings. The highest BCUT2D eigenvalue weighted by atomic mass is 127. The van der Waals surface area contributed by atoms with Crippen molar-refractivity contribution in [2.75, 3.05) is 51.9 Å². The lowest BCUT2D eigenvalue weighted by Gasteiger charge is -2.32. The van der Waals surface area contributed by atoms with Crippen LogP contribution >= 0.6 is 41.1 Å². The minimum atomic E-state index is -0.796. The van der Waals surface area contributed by atoms with Gasteiger partial charge in [0.1, 0.15) is 17.6 Å². The Labute approximate surface area is 280 Å². The van der Waals surface area contributed by atoms with Gasteiger partial charge < -0.3 is 24.2 Å². The van der Waals surface area contributed by atoms with E-state index in [0.717, 1.165) is 124 Å². The topological polar surface area (TPSA) is 84.4 Å². The zero-order chi connectivity index (χ0) is 31.3. The molecule has 1 aromatic heterocycles. The van der Waals surface area contributed by atoms with E-state index < -0.39 is 12.0 Å². The van der Waals surface area contributed by atoms with Gasteiger partial charge in [0.25, 0.3) is 0 Å². The van der Waals surface area contributed by atoms with Gasteiger partial charge >= 0.3 is 5.97 Å². The number of nitrogens with zero attached hydrogens (tertiary/aromatic N) is 3. The number of alkyl halides is 1. The Morgan fingerprint density at radius 1 is 1.23 bits per heavy atom. The monoisotopic (exact) mass is 755 g/mol. The van der Waals surface area contributed by atoms with Gasteiger partial charge in [0.05, 0.1) is 19.8 Å². The van der Waals surface area contributed by atoms with E-state index in [9.17, 15) is 9.90 Å². The van der Waals surface area contributed by atoms with Crippen LogP contribution in [0.2, 0.25) is 0 Å². The fourth-order valence-electron chi connectivity index (χ4n) is 6.90. The second-order valence-electron chi connectivity index (χ2n) is 12.6. The highest BCUT2D eigenvalue weighted by Gasteiger charge is 2.41. The van der Waals surface area contributed by atoms with Crippen molar-refractivity contribution >= 4 is 58.2 Å². The summed E-state index contributed by atoms with van der Waals surface area (Å²) in [6, 6.07) is 7.51. The van der Waals surface area contributed by atoms with Crippen LogP contribution in [0.4, 0.5) is 5.82 Å². The molecule has 3 aliphatic rings.